The van der Waals surface area contributed by atoms with Crippen molar-refractivity contribution in [2.24, 2.45) is 0 Å². The molecular weight excluding hydrogens is 330 g/mol. The number of rotatable bonds is 6. The zero-order valence-corrected chi connectivity index (χ0v) is 15.0. The Bertz CT molecular complexity index is 836. The lowest BCUT2D eigenvalue weighted by atomic mass is 10.1. The molecule has 1 N–H and O–H groups in total. The lowest BCUT2D eigenvalue weighted by molar-refractivity contribution is -0.149. The van der Waals surface area contributed by atoms with E-state index in [0.29, 0.717) is 16.8 Å². The van der Waals surface area contributed by atoms with Gasteiger partial charge in [0, 0.05) is 22.9 Å². The van der Waals surface area contributed by atoms with E-state index in [9.17, 15) is 14.4 Å². The number of carbonyl (C=O) groups is 3. The van der Waals surface area contributed by atoms with E-state index in [4.69, 9.17) is 4.74 Å². The highest BCUT2D eigenvalue weighted by molar-refractivity contribution is 5.99. The summed E-state index contributed by atoms with van der Waals surface area (Å²) >= 11 is 0. The van der Waals surface area contributed by atoms with Gasteiger partial charge in [-0.1, -0.05) is 48.0 Å². The first-order chi connectivity index (χ1) is 12.4. The summed E-state index contributed by atoms with van der Waals surface area (Å²) in [7, 11) is 0. The number of Topliss-reactive ketones (excluding diaryl/α,β-unsaturated/α-hetero) is 1. The molecule has 134 valence electrons. The Hall–Kier alpha value is -3.21. The smallest absolute Gasteiger partial charge is 0.331 e. The topological polar surface area (TPSA) is 72.5 Å². The Labute approximate surface area is 152 Å². The van der Waals surface area contributed by atoms with Crippen LogP contribution in [0.25, 0.3) is 0 Å². The molecule has 0 saturated heterocycles. The van der Waals surface area contributed by atoms with Crippen molar-refractivity contribution in [3.05, 3.63) is 77.4 Å². The molecule has 0 aliphatic carbocycles. The molecule has 5 heteroatoms. The second-order valence-electron chi connectivity index (χ2n) is 6.08. The number of ether oxygens (including phenoxy) is 1. The van der Waals surface area contributed by atoms with E-state index in [2.05, 4.69) is 5.32 Å². The molecule has 0 heterocycles. The van der Waals surface area contributed by atoms with Crippen LogP contribution in [0.4, 0.5) is 5.69 Å². The highest BCUT2D eigenvalue weighted by Crippen LogP contribution is 2.21. The molecule has 0 fully saturated rings. The van der Waals surface area contributed by atoms with Gasteiger partial charge in [0.2, 0.25) is 6.10 Å². The van der Waals surface area contributed by atoms with Crippen molar-refractivity contribution in [1.82, 2.24) is 0 Å². The quantitative estimate of drug-likeness (QED) is 0.483. The molecular formula is C21H21NO4. The zero-order valence-electron chi connectivity index (χ0n) is 15.0. The van der Waals surface area contributed by atoms with Gasteiger partial charge in [-0.05, 0) is 32.9 Å². The third kappa shape index (κ3) is 5.41. The minimum atomic E-state index is -1.10. The standard InChI is InChI=1S/C21H21NO4/c1-14(2)12-19(24)26-20(16-8-5-4-6-9-16)21(25)22-18-11-7-10-17(13-18)15(3)23/h4-13,20H,1-3H3,(H,22,25). The molecule has 0 spiro atoms. The third-order valence-corrected chi connectivity index (χ3v) is 3.52. The lowest BCUT2D eigenvalue weighted by Gasteiger charge is -2.17. The number of hydrogen-bond acceptors (Lipinski definition) is 4. The first kappa shape index (κ1) is 19.1. The van der Waals surface area contributed by atoms with Gasteiger partial charge in [0.25, 0.3) is 5.91 Å². The largest absolute Gasteiger partial charge is 0.444 e. The van der Waals surface area contributed by atoms with Gasteiger partial charge < -0.3 is 10.1 Å². The van der Waals surface area contributed by atoms with Crippen LogP contribution < -0.4 is 5.32 Å². The molecule has 0 bridgehead atoms. The van der Waals surface area contributed by atoms with E-state index < -0.39 is 18.0 Å². The van der Waals surface area contributed by atoms with Crippen LogP contribution in [-0.2, 0) is 14.3 Å². The van der Waals surface area contributed by atoms with Crippen molar-refractivity contribution in [2.75, 3.05) is 5.32 Å². The van der Waals surface area contributed by atoms with Gasteiger partial charge in [0.1, 0.15) is 0 Å². The van der Waals surface area contributed by atoms with Crippen LogP contribution in [0.3, 0.4) is 0 Å². The van der Waals surface area contributed by atoms with Crippen molar-refractivity contribution in [2.45, 2.75) is 26.9 Å². The predicted octanol–water partition coefficient (Wildman–Crippen LogP) is 4.08. The van der Waals surface area contributed by atoms with Crippen molar-refractivity contribution < 1.29 is 19.1 Å². The Kier molecular flexibility index (Phi) is 6.44. The highest BCUT2D eigenvalue weighted by atomic mass is 16.5. The molecule has 0 aliphatic heterocycles. The number of anilines is 1. The summed E-state index contributed by atoms with van der Waals surface area (Å²) in [6, 6.07) is 15.4. The van der Waals surface area contributed by atoms with Crippen LogP contribution in [0, 0.1) is 0 Å². The maximum absolute atomic E-state index is 12.7. The highest BCUT2D eigenvalue weighted by Gasteiger charge is 2.24. The maximum Gasteiger partial charge on any atom is 0.331 e. The van der Waals surface area contributed by atoms with Crippen LogP contribution in [0.1, 0.15) is 42.8 Å². The molecule has 5 nitrogen and oxygen atoms in total. The number of amides is 1. The molecule has 2 aromatic carbocycles. The SMILES string of the molecule is CC(=O)c1cccc(NC(=O)C(OC(=O)C=C(C)C)c2ccccc2)c1. The summed E-state index contributed by atoms with van der Waals surface area (Å²) in [6.07, 6.45) is 0.236. The van der Waals surface area contributed by atoms with Gasteiger partial charge in [-0.15, -0.1) is 0 Å². The van der Waals surface area contributed by atoms with Gasteiger partial charge in [-0.3, -0.25) is 9.59 Å². The minimum Gasteiger partial charge on any atom is -0.444 e. The second kappa shape index (κ2) is 8.76. The fourth-order valence-electron chi connectivity index (χ4n) is 2.31. The summed E-state index contributed by atoms with van der Waals surface area (Å²) < 4.78 is 5.36. The van der Waals surface area contributed by atoms with E-state index in [1.807, 2.05) is 6.07 Å². The van der Waals surface area contributed by atoms with Gasteiger partial charge in [0.05, 0.1) is 0 Å². The van der Waals surface area contributed by atoms with E-state index in [1.165, 1.54) is 13.0 Å². The normalized spacial score (nSPS) is 11.2. The van der Waals surface area contributed by atoms with Gasteiger partial charge in [-0.25, -0.2) is 4.79 Å². The molecule has 26 heavy (non-hydrogen) atoms. The Morgan fingerprint density at radius 2 is 1.65 bits per heavy atom. The van der Waals surface area contributed by atoms with Crippen molar-refractivity contribution in [1.29, 1.82) is 0 Å². The van der Waals surface area contributed by atoms with E-state index >= 15 is 0 Å². The fraction of sp³-hybridized carbons (Fsp3) is 0.190. The molecule has 0 aromatic heterocycles. The fourth-order valence-corrected chi connectivity index (χ4v) is 2.31. The average molecular weight is 351 g/mol. The first-order valence-electron chi connectivity index (χ1n) is 8.19. The van der Waals surface area contributed by atoms with E-state index in [-0.39, 0.29) is 5.78 Å². The molecule has 0 aliphatic rings. The third-order valence-electron chi connectivity index (χ3n) is 3.52. The van der Waals surface area contributed by atoms with E-state index in [0.717, 1.165) is 5.57 Å². The Morgan fingerprint density at radius 1 is 0.962 bits per heavy atom. The Balaban J connectivity index is 2.25. The second-order valence-corrected chi connectivity index (χ2v) is 6.08. The molecule has 2 aromatic rings. The van der Waals surface area contributed by atoms with Crippen molar-refractivity contribution in [3.8, 4) is 0 Å². The Morgan fingerprint density at radius 3 is 2.27 bits per heavy atom. The lowest BCUT2D eigenvalue weighted by Crippen LogP contribution is -2.25. The van der Waals surface area contributed by atoms with Gasteiger partial charge >= 0.3 is 5.97 Å². The van der Waals surface area contributed by atoms with Gasteiger partial charge in [-0.2, -0.15) is 0 Å². The van der Waals surface area contributed by atoms with Crippen LogP contribution in [0.15, 0.2) is 66.2 Å². The summed E-state index contributed by atoms with van der Waals surface area (Å²) in [5, 5.41) is 2.71. The van der Waals surface area contributed by atoms with Crippen LogP contribution in [-0.4, -0.2) is 17.7 Å². The van der Waals surface area contributed by atoms with E-state index in [1.54, 1.807) is 62.4 Å². The summed E-state index contributed by atoms with van der Waals surface area (Å²) in [4.78, 5) is 36.2. The summed E-state index contributed by atoms with van der Waals surface area (Å²) in [5.74, 6) is -1.19. The first-order valence-corrected chi connectivity index (χ1v) is 8.19. The summed E-state index contributed by atoms with van der Waals surface area (Å²) in [6.45, 7) is 4.99. The van der Waals surface area contributed by atoms with Crippen molar-refractivity contribution in [3.63, 3.8) is 0 Å². The predicted molar refractivity (Wildman–Crippen MR) is 99.8 cm³/mol. The number of benzene rings is 2. The number of ketones is 1. The number of nitrogens with one attached hydrogen (secondary N) is 1. The molecule has 0 saturated carbocycles. The molecule has 1 atom stereocenters. The van der Waals surface area contributed by atoms with Crippen LogP contribution in [0.2, 0.25) is 0 Å². The average Bonchev–Trinajstić information content (AvgIpc) is 2.60. The number of carbonyl (C=O) groups excluding carboxylic acids is 3. The van der Waals surface area contributed by atoms with Crippen LogP contribution in [0.5, 0.6) is 0 Å². The molecule has 0 radical (unpaired) electrons. The number of hydrogen-bond donors (Lipinski definition) is 1. The summed E-state index contributed by atoms with van der Waals surface area (Å²) in [5.41, 5.74) is 2.28. The number of esters is 1. The minimum absolute atomic E-state index is 0.101. The van der Waals surface area contributed by atoms with Crippen molar-refractivity contribution >= 4 is 23.3 Å². The maximum atomic E-state index is 12.7. The monoisotopic (exact) mass is 351 g/mol. The zero-order chi connectivity index (χ0) is 19.1. The molecule has 1 amide bonds. The van der Waals surface area contributed by atoms with Crippen LogP contribution >= 0.6 is 0 Å². The van der Waals surface area contributed by atoms with Gasteiger partial charge in [0.15, 0.2) is 5.78 Å². The molecule has 1 unspecified atom stereocenters. The molecule has 2 rings (SSSR count). The number of allylic oxidation sites excluding steroid dienone is 1.